The molecule has 2 amide bonds. The Hall–Kier alpha value is -2.01. The second-order valence-corrected chi connectivity index (χ2v) is 5.73. The molecule has 2 rings (SSSR count). The standard InChI is InChI=1S/C16H19ClN2O3/c1-11(12-4-2-5-13(17)9-12)8-15(20)22-10-14-6-3-7-19(14)16(18)21/h2,4-5,8-9,14H,3,6-7,10H2,1H3,(H2,18,21). The van der Waals surface area contributed by atoms with E-state index in [9.17, 15) is 9.59 Å². The number of hydrogen-bond acceptors (Lipinski definition) is 3. The quantitative estimate of drug-likeness (QED) is 0.684. The first-order chi connectivity index (χ1) is 10.5. The summed E-state index contributed by atoms with van der Waals surface area (Å²) in [5.74, 6) is -0.436. The van der Waals surface area contributed by atoms with Crippen LogP contribution in [0.1, 0.15) is 25.3 Å². The van der Waals surface area contributed by atoms with Crippen molar-refractivity contribution in [1.29, 1.82) is 0 Å². The van der Waals surface area contributed by atoms with Crippen molar-refractivity contribution in [3.8, 4) is 0 Å². The molecule has 1 atom stereocenters. The highest BCUT2D eigenvalue weighted by Gasteiger charge is 2.28. The van der Waals surface area contributed by atoms with Gasteiger partial charge in [-0.15, -0.1) is 0 Å². The number of ether oxygens (including phenoxy) is 1. The fourth-order valence-corrected chi connectivity index (χ4v) is 2.70. The van der Waals surface area contributed by atoms with Gasteiger partial charge in [-0.05, 0) is 43.0 Å². The predicted molar refractivity (Wildman–Crippen MR) is 85.4 cm³/mol. The van der Waals surface area contributed by atoms with Gasteiger partial charge in [0.15, 0.2) is 0 Å². The van der Waals surface area contributed by atoms with E-state index in [1.165, 1.54) is 6.08 Å². The number of hydrogen-bond donors (Lipinski definition) is 1. The zero-order chi connectivity index (χ0) is 16.1. The number of rotatable bonds is 4. The molecular formula is C16H19ClN2O3. The molecule has 1 aliphatic rings. The third-order valence-electron chi connectivity index (χ3n) is 3.69. The molecule has 1 aromatic rings. The van der Waals surface area contributed by atoms with E-state index >= 15 is 0 Å². The maximum atomic E-state index is 11.9. The maximum absolute atomic E-state index is 11.9. The fourth-order valence-electron chi connectivity index (χ4n) is 2.51. The Morgan fingerprint density at radius 1 is 1.50 bits per heavy atom. The van der Waals surface area contributed by atoms with Crippen molar-refractivity contribution < 1.29 is 14.3 Å². The first-order valence-corrected chi connectivity index (χ1v) is 7.52. The molecule has 6 heteroatoms. The SMILES string of the molecule is CC(=CC(=O)OCC1CCCN1C(N)=O)c1cccc(Cl)c1. The lowest BCUT2D eigenvalue weighted by molar-refractivity contribution is -0.138. The Morgan fingerprint density at radius 3 is 2.95 bits per heavy atom. The minimum atomic E-state index is -0.468. The predicted octanol–water partition coefficient (Wildman–Crippen LogP) is 2.83. The number of esters is 1. The van der Waals surface area contributed by atoms with Gasteiger partial charge in [0, 0.05) is 17.6 Å². The number of primary amides is 1. The van der Waals surface area contributed by atoms with E-state index in [4.69, 9.17) is 22.1 Å². The van der Waals surface area contributed by atoms with Gasteiger partial charge in [-0.25, -0.2) is 9.59 Å². The van der Waals surface area contributed by atoms with Gasteiger partial charge >= 0.3 is 12.0 Å². The van der Waals surface area contributed by atoms with Crippen molar-refractivity contribution in [2.24, 2.45) is 5.73 Å². The average Bonchev–Trinajstić information content (AvgIpc) is 2.93. The Kier molecular flexibility index (Phi) is 5.44. The van der Waals surface area contributed by atoms with E-state index < -0.39 is 12.0 Å². The molecule has 0 spiro atoms. The van der Waals surface area contributed by atoms with Gasteiger partial charge in [0.1, 0.15) is 6.61 Å². The van der Waals surface area contributed by atoms with Crippen LogP contribution in [-0.2, 0) is 9.53 Å². The smallest absolute Gasteiger partial charge is 0.331 e. The number of halogens is 1. The lowest BCUT2D eigenvalue weighted by Gasteiger charge is -2.21. The van der Waals surface area contributed by atoms with Gasteiger partial charge in [-0.3, -0.25) is 0 Å². The topological polar surface area (TPSA) is 72.6 Å². The highest BCUT2D eigenvalue weighted by atomic mass is 35.5. The van der Waals surface area contributed by atoms with Gasteiger partial charge in [-0.2, -0.15) is 0 Å². The van der Waals surface area contributed by atoms with E-state index in [1.54, 1.807) is 17.0 Å². The molecule has 0 aliphatic carbocycles. The molecule has 22 heavy (non-hydrogen) atoms. The van der Waals surface area contributed by atoms with Crippen molar-refractivity contribution in [1.82, 2.24) is 4.90 Å². The van der Waals surface area contributed by atoms with Crippen LogP contribution >= 0.6 is 11.6 Å². The van der Waals surface area contributed by atoms with E-state index in [2.05, 4.69) is 0 Å². The number of carbonyl (C=O) groups is 2. The number of amides is 2. The van der Waals surface area contributed by atoms with Crippen LogP contribution in [0, 0.1) is 0 Å². The Bertz CT molecular complexity index is 601. The van der Waals surface area contributed by atoms with E-state index in [-0.39, 0.29) is 12.6 Å². The lowest BCUT2D eigenvalue weighted by Crippen LogP contribution is -2.41. The van der Waals surface area contributed by atoms with E-state index in [0.29, 0.717) is 11.6 Å². The van der Waals surface area contributed by atoms with Crippen molar-refractivity contribution in [2.75, 3.05) is 13.2 Å². The zero-order valence-corrected chi connectivity index (χ0v) is 13.2. The molecule has 0 radical (unpaired) electrons. The number of nitrogens with two attached hydrogens (primary N) is 1. The van der Waals surface area contributed by atoms with Gasteiger partial charge in [0.25, 0.3) is 0 Å². The average molecular weight is 323 g/mol. The summed E-state index contributed by atoms with van der Waals surface area (Å²) in [4.78, 5) is 24.7. The van der Waals surface area contributed by atoms with Crippen LogP contribution in [0.25, 0.3) is 5.57 Å². The molecule has 1 saturated heterocycles. The number of allylic oxidation sites excluding steroid dienone is 1. The monoisotopic (exact) mass is 322 g/mol. The minimum absolute atomic E-state index is 0.124. The van der Waals surface area contributed by atoms with Crippen molar-refractivity contribution >= 4 is 29.2 Å². The van der Waals surface area contributed by atoms with Gasteiger partial charge in [0.05, 0.1) is 6.04 Å². The van der Waals surface area contributed by atoms with Gasteiger partial charge < -0.3 is 15.4 Å². The summed E-state index contributed by atoms with van der Waals surface area (Å²) in [6, 6.07) is 6.66. The van der Waals surface area contributed by atoms with Gasteiger partial charge in [0.2, 0.25) is 0 Å². The second-order valence-electron chi connectivity index (χ2n) is 5.30. The molecule has 2 N–H and O–H groups in total. The molecule has 1 heterocycles. The number of benzene rings is 1. The molecular weight excluding hydrogens is 304 g/mol. The summed E-state index contributed by atoms with van der Waals surface area (Å²) < 4.78 is 5.23. The third kappa shape index (κ3) is 4.24. The summed E-state index contributed by atoms with van der Waals surface area (Å²) in [6.07, 6.45) is 3.10. The molecule has 5 nitrogen and oxygen atoms in total. The van der Waals surface area contributed by atoms with E-state index in [0.717, 1.165) is 24.0 Å². The molecule has 0 aromatic heterocycles. The molecule has 118 valence electrons. The molecule has 1 fully saturated rings. The Balaban J connectivity index is 1.92. The zero-order valence-electron chi connectivity index (χ0n) is 12.4. The maximum Gasteiger partial charge on any atom is 0.331 e. The van der Waals surface area contributed by atoms with Crippen LogP contribution in [0.4, 0.5) is 4.79 Å². The lowest BCUT2D eigenvalue weighted by atomic mass is 10.1. The van der Waals surface area contributed by atoms with Crippen LogP contribution in [0.2, 0.25) is 5.02 Å². The molecule has 0 bridgehead atoms. The Labute approximate surface area is 134 Å². The molecule has 1 unspecified atom stereocenters. The number of nitrogens with zero attached hydrogens (tertiary/aromatic N) is 1. The van der Waals surface area contributed by atoms with Crippen LogP contribution in [-0.4, -0.2) is 36.1 Å². The first-order valence-electron chi connectivity index (χ1n) is 7.14. The van der Waals surface area contributed by atoms with Crippen LogP contribution in [0.3, 0.4) is 0 Å². The highest BCUT2D eigenvalue weighted by Crippen LogP contribution is 2.19. The van der Waals surface area contributed by atoms with Crippen molar-refractivity contribution in [3.63, 3.8) is 0 Å². The molecule has 1 aliphatic heterocycles. The number of likely N-dealkylation sites (tertiary alicyclic amines) is 1. The second kappa shape index (κ2) is 7.31. The van der Waals surface area contributed by atoms with E-state index in [1.807, 2.05) is 19.1 Å². The summed E-state index contributed by atoms with van der Waals surface area (Å²) in [7, 11) is 0. The summed E-state index contributed by atoms with van der Waals surface area (Å²) in [6.45, 7) is 2.61. The van der Waals surface area contributed by atoms with Crippen LogP contribution in [0.5, 0.6) is 0 Å². The minimum Gasteiger partial charge on any atom is -0.460 e. The number of carbonyl (C=O) groups excluding carboxylic acids is 2. The van der Waals surface area contributed by atoms with Crippen LogP contribution < -0.4 is 5.73 Å². The molecule has 0 saturated carbocycles. The largest absolute Gasteiger partial charge is 0.460 e. The normalized spacial score (nSPS) is 18.4. The Morgan fingerprint density at radius 2 is 2.27 bits per heavy atom. The van der Waals surface area contributed by atoms with Crippen molar-refractivity contribution in [3.05, 3.63) is 40.9 Å². The van der Waals surface area contributed by atoms with Crippen molar-refractivity contribution in [2.45, 2.75) is 25.8 Å². The highest BCUT2D eigenvalue weighted by molar-refractivity contribution is 6.30. The number of urea groups is 1. The summed E-state index contributed by atoms with van der Waals surface area (Å²) >= 11 is 5.93. The molecule has 1 aromatic carbocycles. The summed E-state index contributed by atoms with van der Waals surface area (Å²) in [5, 5.41) is 0.613. The summed E-state index contributed by atoms with van der Waals surface area (Å²) in [5.41, 5.74) is 6.92. The van der Waals surface area contributed by atoms with Gasteiger partial charge in [-0.1, -0.05) is 23.7 Å². The fraction of sp³-hybridized carbons (Fsp3) is 0.375. The first kappa shape index (κ1) is 16.4. The third-order valence-corrected chi connectivity index (χ3v) is 3.93. The van der Waals surface area contributed by atoms with Crippen LogP contribution in [0.15, 0.2) is 30.3 Å².